The number of anilines is 1. The zero-order valence-corrected chi connectivity index (χ0v) is 28.2. The molecule has 1 aromatic heterocycles. The number of carbonyl (C=O) groups excluding carboxylic acids is 2. The number of hydrogen-bond acceptors (Lipinski definition) is 8. The Morgan fingerprint density at radius 2 is 1.80 bits per heavy atom. The standard InChI is InChI=1S/C34H36ClFN6O6S/c1-47-18-16-40-49(45,46)26-12-10-25(11-13-26)48-31-14-5-22(19-39-31)20-41-17-15-30(42(34(38)44)24-8-6-23(35)7-9-24)29(21-41)27-3-2-4-28(32(27)36)33(37)43/h2-14,19,29-30,40H,15-18,20-21H2,1H3,(H2,37,43)(H2,38,44). The average Bonchev–Trinajstić information content (AvgIpc) is 3.07. The van der Waals surface area contributed by atoms with Crippen molar-refractivity contribution in [3.63, 3.8) is 0 Å². The molecular formula is C34H36ClFN6O6S. The first-order valence-electron chi connectivity index (χ1n) is 15.3. The average molecular weight is 711 g/mol. The summed E-state index contributed by atoms with van der Waals surface area (Å²) in [6, 6.07) is 19.4. The molecule has 2 heterocycles. The largest absolute Gasteiger partial charge is 0.439 e. The molecule has 2 atom stereocenters. The molecule has 1 saturated heterocycles. The van der Waals surface area contributed by atoms with Crippen LogP contribution in [0.25, 0.3) is 0 Å². The van der Waals surface area contributed by atoms with Crippen molar-refractivity contribution in [3.8, 4) is 11.6 Å². The monoisotopic (exact) mass is 710 g/mol. The topological polar surface area (TPSA) is 170 Å². The van der Waals surface area contributed by atoms with Crippen LogP contribution in [0.4, 0.5) is 14.9 Å². The van der Waals surface area contributed by atoms with Crippen molar-refractivity contribution < 1.29 is 31.9 Å². The molecule has 2 unspecified atom stereocenters. The number of ether oxygens (including phenoxy) is 2. The van der Waals surface area contributed by atoms with Gasteiger partial charge in [0, 0.05) is 68.2 Å². The van der Waals surface area contributed by atoms with E-state index in [0.29, 0.717) is 48.4 Å². The molecule has 1 fully saturated rings. The van der Waals surface area contributed by atoms with E-state index >= 15 is 4.39 Å². The van der Waals surface area contributed by atoms with Crippen LogP contribution in [0, 0.1) is 5.82 Å². The molecule has 3 aromatic carbocycles. The molecule has 258 valence electrons. The Labute approximate surface area is 288 Å². The van der Waals surface area contributed by atoms with Crippen molar-refractivity contribution >= 4 is 39.2 Å². The number of hydrogen-bond donors (Lipinski definition) is 3. The van der Waals surface area contributed by atoms with E-state index in [4.69, 9.17) is 32.5 Å². The maximum atomic E-state index is 15.8. The third-order valence-corrected chi connectivity index (χ3v) is 9.92. The summed E-state index contributed by atoms with van der Waals surface area (Å²) in [6.45, 7) is 1.73. The smallest absolute Gasteiger partial charge is 0.319 e. The number of methoxy groups -OCH3 is 1. The van der Waals surface area contributed by atoms with Gasteiger partial charge in [-0.2, -0.15) is 0 Å². The van der Waals surface area contributed by atoms with Crippen LogP contribution in [0.15, 0.2) is 90.0 Å². The molecule has 49 heavy (non-hydrogen) atoms. The molecule has 5 rings (SSSR count). The van der Waals surface area contributed by atoms with Crippen molar-refractivity contribution in [1.82, 2.24) is 14.6 Å². The molecular weight excluding hydrogens is 675 g/mol. The fraction of sp³-hybridized carbons (Fsp3) is 0.265. The van der Waals surface area contributed by atoms with Crippen molar-refractivity contribution in [2.45, 2.75) is 29.8 Å². The number of halogens is 2. The summed E-state index contributed by atoms with van der Waals surface area (Å²) in [5.74, 6) is -1.49. The Hall–Kier alpha value is -4.60. The van der Waals surface area contributed by atoms with Gasteiger partial charge in [-0.15, -0.1) is 0 Å². The van der Waals surface area contributed by atoms with Crippen LogP contribution in [-0.2, 0) is 21.3 Å². The SMILES string of the molecule is COCCNS(=O)(=O)c1ccc(Oc2ccc(CN3CCC(N(C(N)=O)c4ccc(Cl)cc4)C(c4cccc(C(N)=O)c4F)C3)cn2)cc1. The van der Waals surface area contributed by atoms with Crippen LogP contribution in [0.5, 0.6) is 11.6 Å². The summed E-state index contributed by atoms with van der Waals surface area (Å²) in [5, 5.41) is 0.486. The van der Waals surface area contributed by atoms with Crippen molar-refractivity contribution in [2.24, 2.45) is 11.5 Å². The van der Waals surface area contributed by atoms with Gasteiger partial charge in [0.2, 0.25) is 15.9 Å². The number of carbonyl (C=O) groups is 2. The number of amides is 3. The number of urea groups is 1. The second kappa shape index (κ2) is 15.7. The highest BCUT2D eigenvalue weighted by molar-refractivity contribution is 7.89. The van der Waals surface area contributed by atoms with Crippen molar-refractivity contribution in [3.05, 3.63) is 113 Å². The Bertz CT molecular complexity index is 1880. The van der Waals surface area contributed by atoms with Gasteiger partial charge < -0.3 is 20.9 Å². The zero-order chi connectivity index (χ0) is 35.1. The van der Waals surface area contributed by atoms with Gasteiger partial charge in [-0.25, -0.2) is 27.3 Å². The van der Waals surface area contributed by atoms with Gasteiger partial charge in [0.1, 0.15) is 11.6 Å². The normalized spacial score (nSPS) is 16.6. The highest BCUT2D eigenvalue weighted by atomic mass is 35.5. The lowest BCUT2D eigenvalue weighted by molar-refractivity contribution is 0.0995. The number of nitrogens with zero attached hydrogens (tertiary/aromatic N) is 3. The molecule has 0 aliphatic carbocycles. The van der Waals surface area contributed by atoms with Crippen molar-refractivity contribution in [2.75, 3.05) is 38.3 Å². The number of sulfonamides is 1. The Balaban J connectivity index is 1.32. The van der Waals surface area contributed by atoms with Crippen molar-refractivity contribution in [1.29, 1.82) is 0 Å². The number of benzene rings is 3. The van der Waals surface area contributed by atoms with E-state index < -0.39 is 39.7 Å². The molecule has 4 aromatic rings. The molecule has 15 heteroatoms. The first kappa shape index (κ1) is 35.7. The van der Waals surface area contributed by atoms with Gasteiger partial charge in [-0.05, 0) is 72.1 Å². The first-order valence-corrected chi connectivity index (χ1v) is 17.2. The maximum Gasteiger partial charge on any atom is 0.319 e. The second-order valence-corrected chi connectivity index (χ2v) is 13.6. The van der Waals surface area contributed by atoms with Gasteiger partial charge in [0.05, 0.1) is 17.1 Å². The minimum Gasteiger partial charge on any atom is -0.439 e. The summed E-state index contributed by atoms with van der Waals surface area (Å²) in [4.78, 5) is 32.9. The second-order valence-electron chi connectivity index (χ2n) is 11.4. The lowest BCUT2D eigenvalue weighted by Crippen LogP contribution is -2.53. The van der Waals surface area contributed by atoms with E-state index in [9.17, 15) is 18.0 Å². The predicted octanol–water partition coefficient (Wildman–Crippen LogP) is 4.63. The number of primary amides is 2. The van der Waals surface area contributed by atoms with Crippen LogP contribution in [-0.4, -0.2) is 69.6 Å². The lowest BCUT2D eigenvalue weighted by atomic mass is 9.83. The van der Waals surface area contributed by atoms with Crippen LogP contribution in [0.2, 0.25) is 5.02 Å². The van der Waals surface area contributed by atoms with Crippen LogP contribution < -0.4 is 25.8 Å². The molecule has 5 N–H and O–H groups in total. The molecule has 1 aliphatic rings. The number of aromatic nitrogens is 1. The van der Waals surface area contributed by atoms with E-state index in [0.717, 1.165) is 5.56 Å². The zero-order valence-electron chi connectivity index (χ0n) is 26.6. The Morgan fingerprint density at radius 1 is 1.06 bits per heavy atom. The lowest BCUT2D eigenvalue weighted by Gasteiger charge is -2.43. The van der Waals surface area contributed by atoms with E-state index in [1.807, 2.05) is 6.07 Å². The quantitative estimate of drug-likeness (QED) is 0.169. The van der Waals surface area contributed by atoms with E-state index in [1.54, 1.807) is 48.7 Å². The van der Waals surface area contributed by atoms with E-state index in [-0.39, 0.29) is 29.2 Å². The summed E-state index contributed by atoms with van der Waals surface area (Å²) >= 11 is 6.09. The molecule has 0 spiro atoms. The highest BCUT2D eigenvalue weighted by Crippen LogP contribution is 2.36. The third-order valence-electron chi connectivity index (χ3n) is 8.19. The van der Waals surface area contributed by atoms with Gasteiger partial charge in [0.15, 0.2) is 0 Å². The Morgan fingerprint density at radius 3 is 2.43 bits per heavy atom. The molecule has 0 saturated carbocycles. The minimum atomic E-state index is -3.68. The molecule has 1 aliphatic heterocycles. The molecule has 12 nitrogen and oxygen atoms in total. The summed E-state index contributed by atoms with van der Waals surface area (Å²) < 4.78 is 53.8. The highest BCUT2D eigenvalue weighted by Gasteiger charge is 2.38. The summed E-state index contributed by atoms with van der Waals surface area (Å²) in [7, 11) is -2.19. The maximum absolute atomic E-state index is 15.8. The number of nitrogens with two attached hydrogens (primary N) is 2. The fourth-order valence-electron chi connectivity index (χ4n) is 5.87. The third kappa shape index (κ3) is 8.71. The van der Waals surface area contributed by atoms with Crippen LogP contribution in [0.1, 0.15) is 33.8 Å². The van der Waals surface area contributed by atoms with E-state index in [2.05, 4.69) is 14.6 Å². The number of piperidine rings is 1. The number of nitrogens with one attached hydrogen (secondary N) is 1. The fourth-order valence-corrected chi connectivity index (χ4v) is 7.01. The first-order chi connectivity index (χ1) is 23.5. The minimum absolute atomic E-state index is 0.0923. The summed E-state index contributed by atoms with van der Waals surface area (Å²) in [5.41, 5.74) is 12.7. The molecule has 0 bridgehead atoms. The molecule has 0 radical (unpaired) electrons. The number of pyridine rings is 1. The summed E-state index contributed by atoms with van der Waals surface area (Å²) in [6.07, 6.45) is 2.10. The van der Waals surface area contributed by atoms with Gasteiger partial charge in [0.25, 0.3) is 5.91 Å². The predicted molar refractivity (Wildman–Crippen MR) is 183 cm³/mol. The number of rotatable bonds is 13. The van der Waals surface area contributed by atoms with Gasteiger partial charge in [-0.3, -0.25) is 14.6 Å². The number of likely N-dealkylation sites (tertiary alicyclic amines) is 1. The van der Waals surface area contributed by atoms with E-state index in [1.165, 1.54) is 42.3 Å². The molecule has 3 amide bonds. The van der Waals surface area contributed by atoms with Gasteiger partial charge in [-0.1, -0.05) is 29.8 Å². The van der Waals surface area contributed by atoms with Crippen LogP contribution >= 0.6 is 11.6 Å². The Kier molecular flexibility index (Phi) is 11.5. The van der Waals surface area contributed by atoms with Gasteiger partial charge >= 0.3 is 6.03 Å². The van der Waals surface area contributed by atoms with Crippen LogP contribution in [0.3, 0.4) is 0 Å².